The molecule has 0 aromatic carbocycles. The molecule has 0 unspecified atom stereocenters. The Kier molecular flexibility index (Phi) is 6.77. The lowest BCUT2D eigenvalue weighted by Crippen LogP contribution is -2.34. The maximum Gasteiger partial charge on any atom is 0.220 e. The number of hydrogen-bond acceptors (Lipinski definition) is 2. The van der Waals surface area contributed by atoms with Crippen LogP contribution in [0, 0.1) is 5.41 Å². The summed E-state index contributed by atoms with van der Waals surface area (Å²) in [6.07, 6.45) is 1.91. The molecule has 0 aliphatic rings. The fourth-order valence-electron chi connectivity index (χ4n) is 1.11. The highest BCUT2D eigenvalue weighted by Gasteiger charge is 2.12. The molecule has 0 radical (unpaired) electrons. The van der Waals surface area contributed by atoms with Gasteiger partial charge in [-0.2, -0.15) is 0 Å². The zero-order valence-corrected chi connectivity index (χ0v) is 10.9. The topological polar surface area (TPSA) is 58.2 Å². The Balaban J connectivity index is 3.48. The standard InChI is InChI=1S/C12H24N2O2/c1-5-10(15)13-8-9-14-11(16)6-7-12(2,3)4/h5-9H2,1-4H3,(H,13,15)(H,14,16). The van der Waals surface area contributed by atoms with Crippen LogP contribution in [0.25, 0.3) is 0 Å². The third kappa shape index (κ3) is 9.49. The van der Waals surface area contributed by atoms with Crippen LogP contribution < -0.4 is 10.6 Å². The Morgan fingerprint density at radius 2 is 1.50 bits per heavy atom. The first kappa shape index (κ1) is 14.9. The van der Waals surface area contributed by atoms with Crippen LogP contribution in [0.3, 0.4) is 0 Å². The predicted octanol–water partition coefficient (Wildman–Crippen LogP) is 1.46. The third-order valence-electron chi connectivity index (χ3n) is 2.19. The van der Waals surface area contributed by atoms with Crippen LogP contribution in [-0.2, 0) is 9.59 Å². The average Bonchev–Trinajstić information content (AvgIpc) is 2.20. The zero-order valence-electron chi connectivity index (χ0n) is 10.9. The van der Waals surface area contributed by atoms with Crippen LogP contribution in [0.5, 0.6) is 0 Å². The van der Waals surface area contributed by atoms with Gasteiger partial charge in [0.15, 0.2) is 0 Å². The van der Waals surface area contributed by atoms with Crippen molar-refractivity contribution in [1.29, 1.82) is 0 Å². The van der Waals surface area contributed by atoms with Gasteiger partial charge in [0.2, 0.25) is 11.8 Å². The molecule has 0 spiro atoms. The van der Waals surface area contributed by atoms with Gasteiger partial charge in [-0.15, -0.1) is 0 Å². The molecule has 4 heteroatoms. The molecule has 2 N–H and O–H groups in total. The smallest absolute Gasteiger partial charge is 0.220 e. The number of carbonyl (C=O) groups excluding carboxylic acids is 2. The molecule has 0 aromatic heterocycles. The minimum Gasteiger partial charge on any atom is -0.354 e. The molecule has 0 heterocycles. The Morgan fingerprint density at radius 1 is 1.00 bits per heavy atom. The SMILES string of the molecule is CCC(=O)NCCNC(=O)CCC(C)(C)C. The molecule has 0 fully saturated rings. The molecule has 0 bridgehead atoms. The maximum absolute atomic E-state index is 11.4. The first-order valence-corrected chi connectivity index (χ1v) is 5.88. The van der Waals surface area contributed by atoms with E-state index in [1.54, 1.807) is 6.92 Å². The zero-order chi connectivity index (χ0) is 12.6. The van der Waals surface area contributed by atoms with Gasteiger partial charge in [0.1, 0.15) is 0 Å². The van der Waals surface area contributed by atoms with E-state index in [1.165, 1.54) is 0 Å². The molecule has 0 aliphatic heterocycles. The lowest BCUT2D eigenvalue weighted by molar-refractivity contribution is -0.123. The van der Waals surface area contributed by atoms with Gasteiger partial charge in [0.25, 0.3) is 0 Å². The Labute approximate surface area is 98.2 Å². The summed E-state index contributed by atoms with van der Waals surface area (Å²) in [5, 5.41) is 5.49. The Morgan fingerprint density at radius 3 is 1.94 bits per heavy atom. The fraction of sp³-hybridized carbons (Fsp3) is 0.833. The molecular formula is C12H24N2O2. The van der Waals surface area contributed by atoms with Crippen molar-refractivity contribution in [2.45, 2.75) is 47.0 Å². The summed E-state index contributed by atoms with van der Waals surface area (Å²) in [5.74, 6) is 0.0737. The van der Waals surface area contributed by atoms with Crippen molar-refractivity contribution in [3.05, 3.63) is 0 Å². The molecule has 94 valence electrons. The third-order valence-corrected chi connectivity index (χ3v) is 2.19. The summed E-state index contributed by atoms with van der Waals surface area (Å²) in [7, 11) is 0. The number of nitrogens with one attached hydrogen (secondary N) is 2. The summed E-state index contributed by atoms with van der Waals surface area (Å²) in [6.45, 7) is 9.16. The molecule has 0 aliphatic carbocycles. The minimum absolute atomic E-state index is 0.0175. The molecule has 4 nitrogen and oxygen atoms in total. The van der Waals surface area contributed by atoms with Crippen LogP contribution in [0.2, 0.25) is 0 Å². The molecule has 2 amide bonds. The van der Waals surface area contributed by atoms with Crippen molar-refractivity contribution < 1.29 is 9.59 Å². The second kappa shape index (κ2) is 7.25. The van der Waals surface area contributed by atoms with E-state index in [0.717, 1.165) is 6.42 Å². The molecule has 0 rings (SSSR count). The largest absolute Gasteiger partial charge is 0.354 e. The van der Waals surface area contributed by atoms with Crippen molar-refractivity contribution in [2.75, 3.05) is 13.1 Å². The van der Waals surface area contributed by atoms with Gasteiger partial charge >= 0.3 is 0 Å². The van der Waals surface area contributed by atoms with Gasteiger partial charge in [-0.25, -0.2) is 0 Å². The van der Waals surface area contributed by atoms with Gasteiger partial charge < -0.3 is 10.6 Å². The molecular weight excluding hydrogens is 204 g/mol. The van der Waals surface area contributed by atoms with E-state index in [2.05, 4.69) is 31.4 Å². The van der Waals surface area contributed by atoms with E-state index in [9.17, 15) is 9.59 Å². The Hall–Kier alpha value is -1.06. The number of hydrogen-bond donors (Lipinski definition) is 2. The lowest BCUT2D eigenvalue weighted by atomic mass is 9.90. The van der Waals surface area contributed by atoms with E-state index in [1.807, 2.05) is 0 Å². The summed E-state index contributed by atoms with van der Waals surface area (Å²) >= 11 is 0. The molecule has 16 heavy (non-hydrogen) atoms. The normalized spacial score (nSPS) is 11.0. The van der Waals surface area contributed by atoms with Crippen LogP contribution in [0.15, 0.2) is 0 Å². The monoisotopic (exact) mass is 228 g/mol. The second-order valence-electron chi connectivity index (χ2n) is 5.11. The molecule has 0 saturated heterocycles. The number of rotatable bonds is 6. The van der Waals surface area contributed by atoms with Crippen molar-refractivity contribution >= 4 is 11.8 Å². The second-order valence-corrected chi connectivity index (χ2v) is 5.11. The maximum atomic E-state index is 11.4. The molecule has 0 atom stereocenters. The van der Waals surface area contributed by atoms with Crippen LogP contribution in [0.1, 0.15) is 47.0 Å². The quantitative estimate of drug-likeness (QED) is 0.676. The van der Waals surface area contributed by atoms with E-state index in [4.69, 9.17) is 0 Å². The van der Waals surface area contributed by atoms with E-state index < -0.39 is 0 Å². The van der Waals surface area contributed by atoms with Gasteiger partial charge in [0, 0.05) is 25.9 Å². The predicted molar refractivity (Wildman–Crippen MR) is 65.0 cm³/mol. The molecule has 0 aromatic rings. The first-order valence-electron chi connectivity index (χ1n) is 5.88. The summed E-state index contributed by atoms with van der Waals surface area (Å²) in [5.41, 5.74) is 0.188. The van der Waals surface area contributed by atoms with Crippen molar-refractivity contribution in [3.8, 4) is 0 Å². The lowest BCUT2D eigenvalue weighted by Gasteiger charge is -2.17. The van der Waals surface area contributed by atoms with E-state index in [-0.39, 0.29) is 17.2 Å². The van der Waals surface area contributed by atoms with Crippen LogP contribution in [-0.4, -0.2) is 24.9 Å². The number of carbonyl (C=O) groups is 2. The van der Waals surface area contributed by atoms with Crippen molar-refractivity contribution in [2.24, 2.45) is 5.41 Å². The fourth-order valence-corrected chi connectivity index (χ4v) is 1.11. The van der Waals surface area contributed by atoms with Gasteiger partial charge in [-0.05, 0) is 11.8 Å². The molecule has 0 saturated carbocycles. The van der Waals surface area contributed by atoms with Crippen molar-refractivity contribution in [3.63, 3.8) is 0 Å². The summed E-state index contributed by atoms with van der Waals surface area (Å²) < 4.78 is 0. The minimum atomic E-state index is 0.0175. The highest BCUT2D eigenvalue weighted by Crippen LogP contribution is 2.19. The van der Waals surface area contributed by atoms with E-state index in [0.29, 0.717) is 25.9 Å². The van der Waals surface area contributed by atoms with Gasteiger partial charge in [-0.1, -0.05) is 27.7 Å². The van der Waals surface area contributed by atoms with E-state index >= 15 is 0 Å². The van der Waals surface area contributed by atoms with Crippen molar-refractivity contribution in [1.82, 2.24) is 10.6 Å². The van der Waals surface area contributed by atoms with Crippen LogP contribution >= 0.6 is 0 Å². The number of amides is 2. The first-order chi connectivity index (χ1) is 7.35. The van der Waals surface area contributed by atoms with Crippen LogP contribution in [0.4, 0.5) is 0 Å². The average molecular weight is 228 g/mol. The van der Waals surface area contributed by atoms with Gasteiger partial charge in [-0.3, -0.25) is 9.59 Å². The summed E-state index contributed by atoms with van der Waals surface area (Å²) in [6, 6.07) is 0. The highest BCUT2D eigenvalue weighted by atomic mass is 16.2. The van der Waals surface area contributed by atoms with Gasteiger partial charge in [0.05, 0.1) is 0 Å². The highest BCUT2D eigenvalue weighted by molar-refractivity contribution is 5.76. The Bertz CT molecular complexity index is 232. The summed E-state index contributed by atoms with van der Waals surface area (Å²) in [4.78, 5) is 22.3.